The van der Waals surface area contributed by atoms with E-state index < -0.39 is 12.0 Å². The van der Waals surface area contributed by atoms with E-state index in [-0.39, 0.29) is 28.7 Å². The molecule has 2 heterocycles. The van der Waals surface area contributed by atoms with E-state index in [0.717, 1.165) is 18.2 Å². The number of carbonyl (C=O) groups is 2. The Hall–Kier alpha value is -2.29. The summed E-state index contributed by atoms with van der Waals surface area (Å²) in [6.45, 7) is 3.82. The predicted molar refractivity (Wildman–Crippen MR) is 86.1 cm³/mol. The first-order valence-corrected chi connectivity index (χ1v) is 8.41. The average Bonchev–Trinajstić information content (AvgIpc) is 3.27. The second-order valence-electron chi connectivity index (χ2n) is 5.09. The molecule has 0 aliphatic heterocycles. The molecule has 1 amide bonds. The molecule has 0 aliphatic rings. The monoisotopic (exact) mass is 353 g/mol. The molecule has 0 saturated heterocycles. The van der Waals surface area contributed by atoms with Gasteiger partial charge in [0.2, 0.25) is 5.91 Å². The number of hydrogen-bond donors (Lipinski definition) is 1. The smallest absolute Gasteiger partial charge is 0.328 e. The maximum Gasteiger partial charge on any atom is 0.328 e. The molecule has 24 heavy (non-hydrogen) atoms. The van der Waals surface area contributed by atoms with Gasteiger partial charge in [0.1, 0.15) is 6.04 Å². The van der Waals surface area contributed by atoms with Gasteiger partial charge in [-0.1, -0.05) is 32.0 Å². The summed E-state index contributed by atoms with van der Waals surface area (Å²) in [6, 6.07) is 2.73. The third-order valence-electron chi connectivity index (χ3n) is 3.45. The number of esters is 1. The summed E-state index contributed by atoms with van der Waals surface area (Å²) in [6.07, 6.45) is 2.24. The fourth-order valence-corrected chi connectivity index (χ4v) is 2.48. The Bertz CT molecular complexity index is 670. The number of furan rings is 1. The van der Waals surface area contributed by atoms with Crippen LogP contribution >= 0.6 is 11.8 Å². The molecule has 0 spiro atoms. The highest BCUT2D eigenvalue weighted by atomic mass is 32.2. The summed E-state index contributed by atoms with van der Waals surface area (Å²) in [5, 5.41) is 10.6. The number of carbonyl (C=O) groups excluding carboxylic acids is 2. The molecule has 1 N–H and O–H groups in total. The minimum atomic E-state index is -0.672. The van der Waals surface area contributed by atoms with Crippen molar-refractivity contribution in [3.05, 3.63) is 18.4 Å². The third kappa shape index (κ3) is 4.60. The minimum absolute atomic E-state index is 0.0274. The summed E-state index contributed by atoms with van der Waals surface area (Å²) in [7, 11) is 1.30. The molecule has 0 unspecified atom stereocenters. The van der Waals surface area contributed by atoms with E-state index in [1.165, 1.54) is 13.4 Å². The molecule has 2 rings (SSSR count). The van der Waals surface area contributed by atoms with Crippen LogP contribution < -0.4 is 5.32 Å². The zero-order valence-corrected chi connectivity index (χ0v) is 14.5. The number of ether oxygens (including phenoxy) is 1. The molecular weight excluding hydrogens is 334 g/mol. The predicted octanol–water partition coefficient (Wildman–Crippen LogP) is 2.13. The second-order valence-corrected chi connectivity index (χ2v) is 6.02. The third-order valence-corrected chi connectivity index (χ3v) is 4.27. The van der Waals surface area contributed by atoms with E-state index in [2.05, 4.69) is 15.5 Å². The van der Waals surface area contributed by atoms with E-state index in [4.69, 9.17) is 13.6 Å². The molecule has 0 aliphatic carbocycles. The average molecular weight is 353 g/mol. The van der Waals surface area contributed by atoms with E-state index in [1.807, 2.05) is 13.8 Å². The lowest BCUT2D eigenvalue weighted by Gasteiger charge is -2.21. The fraction of sp³-hybridized carbons (Fsp3) is 0.467. The van der Waals surface area contributed by atoms with Gasteiger partial charge < -0.3 is 18.9 Å². The van der Waals surface area contributed by atoms with Crippen molar-refractivity contribution in [2.24, 2.45) is 5.92 Å². The number of thioether (sulfide) groups is 1. The molecule has 2 aromatic rings. The molecule has 2 atom stereocenters. The minimum Gasteiger partial charge on any atom is -0.467 e. The maximum absolute atomic E-state index is 12.1. The van der Waals surface area contributed by atoms with Gasteiger partial charge >= 0.3 is 5.97 Å². The van der Waals surface area contributed by atoms with Crippen LogP contribution in [0.4, 0.5) is 0 Å². The largest absolute Gasteiger partial charge is 0.467 e. The molecule has 130 valence electrons. The zero-order valence-electron chi connectivity index (χ0n) is 13.6. The topological polar surface area (TPSA) is 107 Å². The van der Waals surface area contributed by atoms with Crippen molar-refractivity contribution in [2.45, 2.75) is 31.5 Å². The molecule has 0 radical (unpaired) electrons. The molecule has 0 bridgehead atoms. The highest BCUT2D eigenvalue weighted by Crippen LogP contribution is 2.23. The van der Waals surface area contributed by atoms with Gasteiger partial charge in [0.15, 0.2) is 5.76 Å². The van der Waals surface area contributed by atoms with E-state index >= 15 is 0 Å². The Morgan fingerprint density at radius 1 is 1.42 bits per heavy atom. The van der Waals surface area contributed by atoms with Crippen molar-refractivity contribution in [3.63, 3.8) is 0 Å². The van der Waals surface area contributed by atoms with Gasteiger partial charge in [-0.2, -0.15) is 0 Å². The first-order valence-electron chi connectivity index (χ1n) is 7.42. The lowest BCUT2D eigenvalue weighted by Crippen LogP contribution is -2.46. The lowest BCUT2D eigenvalue weighted by molar-refractivity contribution is -0.146. The van der Waals surface area contributed by atoms with E-state index in [9.17, 15) is 9.59 Å². The van der Waals surface area contributed by atoms with Gasteiger partial charge in [0.25, 0.3) is 11.1 Å². The highest BCUT2D eigenvalue weighted by molar-refractivity contribution is 7.99. The van der Waals surface area contributed by atoms with Crippen LogP contribution in [0.1, 0.15) is 20.3 Å². The molecule has 2 aromatic heterocycles. The quantitative estimate of drug-likeness (QED) is 0.568. The first-order chi connectivity index (χ1) is 11.5. The second kappa shape index (κ2) is 8.53. The van der Waals surface area contributed by atoms with Crippen LogP contribution in [-0.4, -0.2) is 41.0 Å². The van der Waals surface area contributed by atoms with Crippen molar-refractivity contribution < 1.29 is 23.2 Å². The van der Waals surface area contributed by atoms with Gasteiger partial charge in [-0.3, -0.25) is 4.79 Å². The number of amides is 1. The van der Waals surface area contributed by atoms with Crippen LogP contribution in [0.25, 0.3) is 11.7 Å². The van der Waals surface area contributed by atoms with Crippen molar-refractivity contribution in [2.75, 3.05) is 12.9 Å². The summed E-state index contributed by atoms with van der Waals surface area (Å²) in [4.78, 5) is 23.8. The van der Waals surface area contributed by atoms with Crippen LogP contribution in [0.2, 0.25) is 0 Å². The molecular formula is C15H19N3O5S. The van der Waals surface area contributed by atoms with Gasteiger partial charge in [-0.25, -0.2) is 4.79 Å². The fourth-order valence-electron chi connectivity index (χ4n) is 1.91. The summed E-state index contributed by atoms with van der Waals surface area (Å²) < 4.78 is 15.3. The number of rotatable bonds is 8. The molecule has 0 saturated carbocycles. The molecule has 9 heteroatoms. The molecule has 0 aromatic carbocycles. The Labute approximate surface area is 143 Å². The number of nitrogens with zero attached hydrogens (tertiary/aromatic N) is 2. The molecule has 0 fully saturated rings. The van der Waals surface area contributed by atoms with E-state index in [0.29, 0.717) is 5.76 Å². The Morgan fingerprint density at radius 2 is 2.21 bits per heavy atom. The van der Waals surface area contributed by atoms with Crippen LogP contribution in [0, 0.1) is 5.92 Å². The summed E-state index contributed by atoms with van der Waals surface area (Å²) in [5.41, 5.74) is 0. The summed E-state index contributed by atoms with van der Waals surface area (Å²) >= 11 is 1.08. The Balaban J connectivity index is 1.89. The number of aromatic nitrogens is 2. The normalized spacial score (nSPS) is 13.3. The number of hydrogen-bond acceptors (Lipinski definition) is 8. The van der Waals surface area contributed by atoms with Gasteiger partial charge in [-0.15, -0.1) is 10.2 Å². The van der Waals surface area contributed by atoms with Crippen LogP contribution in [0.3, 0.4) is 0 Å². The van der Waals surface area contributed by atoms with Crippen LogP contribution in [0.15, 0.2) is 32.5 Å². The maximum atomic E-state index is 12.1. The van der Waals surface area contributed by atoms with E-state index in [1.54, 1.807) is 12.1 Å². The summed E-state index contributed by atoms with van der Waals surface area (Å²) in [5.74, 6) is -0.0466. The Kier molecular flexibility index (Phi) is 6.42. The zero-order chi connectivity index (χ0) is 17.5. The Morgan fingerprint density at radius 3 is 2.83 bits per heavy atom. The lowest BCUT2D eigenvalue weighted by atomic mass is 9.99. The van der Waals surface area contributed by atoms with Crippen molar-refractivity contribution in [1.29, 1.82) is 0 Å². The van der Waals surface area contributed by atoms with Crippen molar-refractivity contribution in [3.8, 4) is 11.7 Å². The van der Waals surface area contributed by atoms with Gasteiger partial charge in [0.05, 0.1) is 19.1 Å². The number of methoxy groups -OCH3 is 1. The van der Waals surface area contributed by atoms with Gasteiger partial charge in [-0.05, 0) is 18.1 Å². The number of nitrogens with one attached hydrogen (secondary N) is 1. The van der Waals surface area contributed by atoms with Crippen LogP contribution in [0.5, 0.6) is 0 Å². The van der Waals surface area contributed by atoms with Crippen molar-refractivity contribution in [1.82, 2.24) is 15.5 Å². The van der Waals surface area contributed by atoms with Crippen LogP contribution in [-0.2, 0) is 14.3 Å². The highest BCUT2D eigenvalue weighted by Gasteiger charge is 2.26. The van der Waals surface area contributed by atoms with Crippen molar-refractivity contribution >= 4 is 23.6 Å². The van der Waals surface area contributed by atoms with Gasteiger partial charge in [0, 0.05) is 0 Å². The first kappa shape index (κ1) is 18.1. The SMILES string of the molecule is CC[C@@H](C)[C@H](NC(=O)CSc1nnc(-c2ccco2)o1)C(=O)OC. The standard InChI is InChI=1S/C15H19N3O5S/c1-4-9(2)12(14(20)21-3)16-11(19)8-24-15-18-17-13(23-15)10-6-5-7-22-10/h5-7,9,12H,4,8H2,1-3H3,(H,16,19)/t9-,12+/m1/s1. The molecule has 8 nitrogen and oxygen atoms in total.